The van der Waals surface area contributed by atoms with E-state index < -0.39 is 11.6 Å². The summed E-state index contributed by atoms with van der Waals surface area (Å²) in [5.74, 6) is -0.544. The third kappa shape index (κ3) is 2.45. The maximum Gasteiger partial charge on any atom is 0.233 e. The van der Waals surface area contributed by atoms with Crippen LogP contribution in [0, 0.1) is 5.82 Å². The fourth-order valence-corrected chi connectivity index (χ4v) is 2.21. The highest BCUT2D eigenvalue weighted by Crippen LogP contribution is 2.23. The van der Waals surface area contributed by atoms with E-state index in [1.165, 1.54) is 23.5 Å². The minimum Gasteiger partial charge on any atom is -0.505 e. The molecular weight excluding hydrogens is 283 g/mol. The normalized spacial score (nSPS) is 10.8. The highest BCUT2D eigenvalue weighted by atomic mass is 32.1. The number of halogens is 1. The van der Waals surface area contributed by atoms with Crippen LogP contribution in [0.15, 0.2) is 28.1 Å². The summed E-state index contributed by atoms with van der Waals surface area (Å²) in [4.78, 5) is 8.24. The minimum atomic E-state index is -0.735. The number of nitrogens with zero attached hydrogens (tertiary/aromatic N) is 3. The molecule has 0 aliphatic carbocycles. The maximum absolute atomic E-state index is 13.3. The van der Waals surface area contributed by atoms with E-state index in [-0.39, 0.29) is 5.82 Å². The summed E-state index contributed by atoms with van der Waals surface area (Å²) in [5, 5.41) is 15.2. The number of nitrogens with two attached hydrogens (primary N) is 1. The van der Waals surface area contributed by atoms with Crippen molar-refractivity contribution < 1.29 is 14.0 Å². The quantitative estimate of drug-likeness (QED) is 0.768. The number of hydrogen-bond donors (Lipinski definition) is 2. The number of aromatic hydroxyl groups is 1. The van der Waals surface area contributed by atoms with Gasteiger partial charge in [0, 0.05) is 10.9 Å². The molecule has 0 saturated heterocycles. The predicted octanol–water partition coefficient (Wildman–Crippen LogP) is 2.21. The van der Waals surface area contributed by atoms with Crippen LogP contribution in [0.4, 0.5) is 9.52 Å². The number of nitrogen functional groups attached to an aromatic ring is 1. The van der Waals surface area contributed by atoms with Crippen LogP contribution in [0.3, 0.4) is 0 Å². The van der Waals surface area contributed by atoms with Gasteiger partial charge in [0.25, 0.3) is 0 Å². The molecule has 2 aromatic heterocycles. The maximum atomic E-state index is 13.3. The average Bonchev–Trinajstić information content (AvgIpc) is 3.03. The van der Waals surface area contributed by atoms with E-state index in [0.717, 1.165) is 11.8 Å². The van der Waals surface area contributed by atoms with E-state index in [1.54, 1.807) is 5.38 Å². The Morgan fingerprint density at radius 2 is 2.20 bits per heavy atom. The Balaban J connectivity index is 1.84. The molecule has 0 atom stereocenters. The molecule has 3 aromatic rings. The second-order valence-electron chi connectivity index (χ2n) is 4.03. The number of aromatic nitrogens is 3. The molecule has 0 saturated carbocycles. The fourth-order valence-electron chi connectivity index (χ4n) is 1.65. The third-order valence-corrected chi connectivity index (χ3v) is 3.30. The van der Waals surface area contributed by atoms with Crippen molar-refractivity contribution in [3.8, 4) is 17.1 Å². The molecule has 3 rings (SSSR count). The third-order valence-electron chi connectivity index (χ3n) is 2.58. The number of phenolic OH excluding ortho intramolecular Hbond substituents is 1. The Hall–Kier alpha value is -2.48. The van der Waals surface area contributed by atoms with Crippen molar-refractivity contribution in [2.75, 3.05) is 5.73 Å². The van der Waals surface area contributed by atoms with E-state index in [1.807, 2.05) is 0 Å². The Morgan fingerprint density at radius 1 is 1.35 bits per heavy atom. The van der Waals surface area contributed by atoms with Gasteiger partial charge in [-0.05, 0) is 18.2 Å². The number of rotatable bonds is 3. The molecule has 20 heavy (non-hydrogen) atoms. The lowest BCUT2D eigenvalue weighted by molar-refractivity contribution is 0.385. The zero-order valence-corrected chi connectivity index (χ0v) is 10.9. The molecule has 0 spiro atoms. The van der Waals surface area contributed by atoms with Gasteiger partial charge in [-0.25, -0.2) is 9.37 Å². The van der Waals surface area contributed by atoms with Crippen molar-refractivity contribution in [3.05, 3.63) is 41.0 Å². The van der Waals surface area contributed by atoms with Crippen LogP contribution in [0.5, 0.6) is 5.75 Å². The van der Waals surface area contributed by atoms with Crippen LogP contribution in [0.1, 0.15) is 11.6 Å². The molecule has 0 amide bonds. The van der Waals surface area contributed by atoms with E-state index in [4.69, 9.17) is 15.4 Å². The molecule has 0 aliphatic rings. The molecule has 0 bridgehead atoms. The summed E-state index contributed by atoms with van der Waals surface area (Å²) in [6.07, 6.45) is 0.362. The van der Waals surface area contributed by atoms with E-state index in [2.05, 4.69) is 15.1 Å². The lowest BCUT2D eigenvalue weighted by Crippen LogP contribution is -1.90. The van der Waals surface area contributed by atoms with Crippen LogP contribution in [-0.4, -0.2) is 20.2 Å². The lowest BCUT2D eigenvalue weighted by atomic mass is 10.2. The summed E-state index contributed by atoms with van der Waals surface area (Å²) in [5.41, 5.74) is 6.69. The van der Waals surface area contributed by atoms with Gasteiger partial charge in [-0.2, -0.15) is 4.98 Å². The zero-order valence-electron chi connectivity index (χ0n) is 10.1. The van der Waals surface area contributed by atoms with Crippen LogP contribution < -0.4 is 5.73 Å². The van der Waals surface area contributed by atoms with Gasteiger partial charge in [-0.3, -0.25) is 0 Å². The molecule has 0 radical (unpaired) electrons. The zero-order chi connectivity index (χ0) is 14.1. The molecule has 1 aromatic carbocycles. The first kappa shape index (κ1) is 12.5. The lowest BCUT2D eigenvalue weighted by Gasteiger charge is -1.96. The van der Waals surface area contributed by atoms with Gasteiger partial charge in [-0.15, -0.1) is 11.3 Å². The molecule has 102 valence electrons. The highest BCUT2D eigenvalue weighted by molar-refractivity contribution is 7.13. The summed E-state index contributed by atoms with van der Waals surface area (Å²) in [6.45, 7) is 0. The first-order valence-electron chi connectivity index (χ1n) is 5.63. The fraction of sp³-hybridized carbons (Fsp3) is 0.0833. The Labute approximate surface area is 116 Å². The van der Waals surface area contributed by atoms with Gasteiger partial charge < -0.3 is 15.4 Å². The number of hydrogen-bond acceptors (Lipinski definition) is 7. The summed E-state index contributed by atoms with van der Waals surface area (Å²) >= 11 is 1.33. The van der Waals surface area contributed by atoms with Gasteiger partial charge >= 0.3 is 0 Å². The number of phenols is 1. The van der Waals surface area contributed by atoms with Crippen LogP contribution in [-0.2, 0) is 6.42 Å². The van der Waals surface area contributed by atoms with Crippen LogP contribution >= 0.6 is 11.3 Å². The van der Waals surface area contributed by atoms with Crippen LogP contribution in [0.2, 0.25) is 0 Å². The summed E-state index contributed by atoms with van der Waals surface area (Å²) in [6, 6.07) is 3.89. The number of benzene rings is 1. The standard InChI is InChI=1S/C12H9FN4O2S/c13-8-3-6(1-2-9(8)18)11-16-10(19-17-11)4-7-5-20-12(14)15-7/h1-3,5,18H,4H2,(H2,14,15). The first-order valence-corrected chi connectivity index (χ1v) is 6.51. The monoisotopic (exact) mass is 292 g/mol. The minimum absolute atomic E-state index is 0.252. The molecule has 6 nitrogen and oxygen atoms in total. The molecule has 0 aliphatic heterocycles. The largest absolute Gasteiger partial charge is 0.505 e. The summed E-state index contributed by atoms with van der Waals surface area (Å²) in [7, 11) is 0. The summed E-state index contributed by atoms with van der Waals surface area (Å²) < 4.78 is 18.3. The van der Waals surface area contributed by atoms with E-state index in [9.17, 15) is 4.39 Å². The van der Waals surface area contributed by atoms with Gasteiger partial charge in [0.15, 0.2) is 16.7 Å². The van der Waals surface area contributed by atoms with E-state index in [0.29, 0.717) is 23.0 Å². The van der Waals surface area contributed by atoms with Gasteiger partial charge in [0.2, 0.25) is 11.7 Å². The van der Waals surface area contributed by atoms with Crippen molar-refractivity contribution in [2.24, 2.45) is 0 Å². The Kier molecular flexibility index (Phi) is 3.07. The van der Waals surface area contributed by atoms with Crippen molar-refractivity contribution >= 4 is 16.5 Å². The Bertz CT molecular complexity index is 756. The molecule has 8 heteroatoms. The van der Waals surface area contributed by atoms with Crippen molar-refractivity contribution in [3.63, 3.8) is 0 Å². The van der Waals surface area contributed by atoms with Gasteiger partial charge in [0.1, 0.15) is 0 Å². The molecule has 2 heterocycles. The van der Waals surface area contributed by atoms with Crippen LogP contribution in [0.25, 0.3) is 11.4 Å². The van der Waals surface area contributed by atoms with Gasteiger partial charge in [0.05, 0.1) is 12.1 Å². The molecular formula is C12H9FN4O2S. The second-order valence-corrected chi connectivity index (χ2v) is 4.92. The van der Waals surface area contributed by atoms with Crippen molar-refractivity contribution in [2.45, 2.75) is 6.42 Å². The van der Waals surface area contributed by atoms with Gasteiger partial charge in [-0.1, -0.05) is 5.16 Å². The number of anilines is 1. The molecule has 0 fully saturated rings. The first-order chi connectivity index (χ1) is 9.61. The highest BCUT2D eigenvalue weighted by Gasteiger charge is 2.12. The van der Waals surface area contributed by atoms with E-state index >= 15 is 0 Å². The van der Waals surface area contributed by atoms with Crippen molar-refractivity contribution in [1.29, 1.82) is 0 Å². The SMILES string of the molecule is Nc1nc(Cc2nc(-c3ccc(O)c(F)c3)no2)cs1. The smallest absolute Gasteiger partial charge is 0.233 e. The molecule has 3 N–H and O–H groups in total. The predicted molar refractivity (Wildman–Crippen MR) is 70.7 cm³/mol. The number of thiazole rings is 1. The molecule has 0 unspecified atom stereocenters. The van der Waals surface area contributed by atoms with Crippen molar-refractivity contribution in [1.82, 2.24) is 15.1 Å². The average molecular weight is 292 g/mol. The Morgan fingerprint density at radius 3 is 2.90 bits per heavy atom. The second kappa shape index (κ2) is 4.89. The topological polar surface area (TPSA) is 98.1 Å².